The number of rotatable bonds is 9. The van der Waals surface area contributed by atoms with Crippen molar-refractivity contribution >= 4 is 21.6 Å². The standard InChI is InChI=1S/C15H24N2O4S/c1-4-21-11-7-10-16-15(18)13-8-6-9-14(12-13)17(3)22(19,20)5-2/h6,8-9,12H,4-5,7,10-11H2,1-3H3,(H,16,18). The molecule has 1 aromatic rings. The maximum absolute atomic E-state index is 12.1. The lowest BCUT2D eigenvalue weighted by atomic mass is 10.2. The van der Waals surface area contributed by atoms with Crippen molar-refractivity contribution < 1.29 is 17.9 Å². The second kappa shape index (κ2) is 8.75. The Morgan fingerprint density at radius 1 is 1.32 bits per heavy atom. The van der Waals surface area contributed by atoms with Gasteiger partial charge in [0.2, 0.25) is 10.0 Å². The van der Waals surface area contributed by atoms with E-state index in [0.717, 1.165) is 6.42 Å². The number of anilines is 1. The van der Waals surface area contributed by atoms with Crippen molar-refractivity contribution in [1.82, 2.24) is 5.32 Å². The van der Waals surface area contributed by atoms with E-state index in [4.69, 9.17) is 4.74 Å². The van der Waals surface area contributed by atoms with Crippen LogP contribution in [0.15, 0.2) is 24.3 Å². The number of hydrogen-bond acceptors (Lipinski definition) is 4. The van der Waals surface area contributed by atoms with E-state index >= 15 is 0 Å². The van der Waals surface area contributed by atoms with Gasteiger partial charge in [0.15, 0.2) is 0 Å². The summed E-state index contributed by atoms with van der Waals surface area (Å²) < 4.78 is 30.1. The summed E-state index contributed by atoms with van der Waals surface area (Å²) >= 11 is 0. The number of carbonyl (C=O) groups excluding carboxylic acids is 1. The van der Waals surface area contributed by atoms with Crippen LogP contribution < -0.4 is 9.62 Å². The Labute approximate surface area is 132 Å². The maximum atomic E-state index is 12.1. The van der Waals surface area contributed by atoms with E-state index in [0.29, 0.717) is 31.0 Å². The number of hydrogen-bond donors (Lipinski definition) is 1. The van der Waals surface area contributed by atoms with Crippen LogP contribution in [0.25, 0.3) is 0 Å². The van der Waals surface area contributed by atoms with Crippen molar-refractivity contribution in [2.45, 2.75) is 20.3 Å². The number of benzene rings is 1. The lowest BCUT2D eigenvalue weighted by Gasteiger charge is -2.19. The van der Waals surface area contributed by atoms with E-state index in [1.807, 2.05) is 6.92 Å². The number of carbonyl (C=O) groups is 1. The number of nitrogens with zero attached hydrogens (tertiary/aromatic N) is 1. The molecule has 124 valence electrons. The number of ether oxygens (including phenoxy) is 1. The van der Waals surface area contributed by atoms with Crippen LogP contribution in [0.2, 0.25) is 0 Å². The van der Waals surface area contributed by atoms with Crippen molar-refractivity contribution in [3.8, 4) is 0 Å². The van der Waals surface area contributed by atoms with Crippen molar-refractivity contribution in [3.63, 3.8) is 0 Å². The fourth-order valence-electron chi connectivity index (χ4n) is 1.82. The highest BCUT2D eigenvalue weighted by atomic mass is 32.2. The Hall–Kier alpha value is -1.60. The van der Waals surface area contributed by atoms with Crippen LogP contribution in [0.5, 0.6) is 0 Å². The van der Waals surface area contributed by atoms with Gasteiger partial charge in [-0.25, -0.2) is 8.42 Å². The molecule has 7 heteroatoms. The number of amides is 1. The minimum absolute atomic E-state index is 0.0113. The van der Waals surface area contributed by atoms with Crippen molar-refractivity contribution in [3.05, 3.63) is 29.8 Å². The molecule has 0 bridgehead atoms. The smallest absolute Gasteiger partial charge is 0.251 e. The van der Waals surface area contributed by atoms with E-state index in [1.165, 1.54) is 11.4 Å². The molecule has 22 heavy (non-hydrogen) atoms. The van der Waals surface area contributed by atoms with Crippen LogP contribution >= 0.6 is 0 Å². The largest absolute Gasteiger partial charge is 0.382 e. The van der Waals surface area contributed by atoms with Gasteiger partial charge in [-0.1, -0.05) is 6.07 Å². The Bertz CT molecular complexity index is 587. The molecule has 1 N–H and O–H groups in total. The molecule has 0 saturated carbocycles. The van der Waals surface area contributed by atoms with Gasteiger partial charge in [-0.3, -0.25) is 9.10 Å². The fraction of sp³-hybridized carbons (Fsp3) is 0.533. The molecule has 0 saturated heterocycles. The number of sulfonamides is 1. The monoisotopic (exact) mass is 328 g/mol. The Morgan fingerprint density at radius 2 is 2.05 bits per heavy atom. The average Bonchev–Trinajstić information content (AvgIpc) is 2.53. The third-order valence-corrected chi connectivity index (χ3v) is 4.98. The molecule has 0 radical (unpaired) electrons. The van der Waals surface area contributed by atoms with E-state index in [9.17, 15) is 13.2 Å². The second-order valence-corrected chi connectivity index (χ2v) is 7.01. The first-order valence-electron chi connectivity index (χ1n) is 7.35. The molecule has 1 rings (SSSR count). The third-order valence-electron chi connectivity index (χ3n) is 3.21. The molecule has 1 amide bonds. The summed E-state index contributed by atoms with van der Waals surface area (Å²) in [6, 6.07) is 6.57. The topological polar surface area (TPSA) is 75.7 Å². The van der Waals surface area contributed by atoms with Crippen LogP contribution in [0.4, 0.5) is 5.69 Å². The average molecular weight is 328 g/mol. The molecule has 6 nitrogen and oxygen atoms in total. The first-order valence-corrected chi connectivity index (χ1v) is 8.96. The van der Waals surface area contributed by atoms with Gasteiger partial charge in [0.1, 0.15) is 0 Å². The zero-order valence-electron chi connectivity index (χ0n) is 13.3. The van der Waals surface area contributed by atoms with E-state index < -0.39 is 10.0 Å². The molecule has 0 fully saturated rings. The summed E-state index contributed by atoms with van der Waals surface area (Å²) in [6.07, 6.45) is 0.739. The van der Waals surface area contributed by atoms with Crippen LogP contribution in [0, 0.1) is 0 Å². The molecular formula is C15H24N2O4S. The molecule has 0 aliphatic heterocycles. The van der Waals surface area contributed by atoms with Gasteiger partial charge in [0.05, 0.1) is 11.4 Å². The van der Waals surface area contributed by atoms with Crippen molar-refractivity contribution in [2.75, 3.05) is 36.9 Å². The summed E-state index contributed by atoms with van der Waals surface area (Å²) in [6.45, 7) is 5.29. The van der Waals surface area contributed by atoms with Gasteiger partial charge in [0.25, 0.3) is 5.91 Å². The molecule has 0 aliphatic rings. The highest BCUT2D eigenvalue weighted by Crippen LogP contribution is 2.18. The maximum Gasteiger partial charge on any atom is 0.251 e. The summed E-state index contributed by atoms with van der Waals surface area (Å²) in [5, 5.41) is 2.79. The summed E-state index contributed by atoms with van der Waals surface area (Å²) in [5.74, 6) is -0.210. The summed E-state index contributed by atoms with van der Waals surface area (Å²) in [4.78, 5) is 12.1. The second-order valence-electron chi connectivity index (χ2n) is 4.72. The molecule has 0 aromatic heterocycles. The van der Waals surface area contributed by atoms with Crippen LogP contribution in [-0.4, -0.2) is 46.9 Å². The van der Waals surface area contributed by atoms with Gasteiger partial charge < -0.3 is 10.1 Å². The third kappa shape index (κ3) is 5.31. The minimum atomic E-state index is -3.34. The van der Waals surface area contributed by atoms with Gasteiger partial charge in [-0.15, -0.1) is 0 Å². The Balaban J connectivity index is 2.69. The zero-order chi connectivity index (χ0) is 16.6. The first-order chi connectivity index (χ1) is 10.4. The van der Waals surface area contributed by atoms with Gasteiger partial charge >= 0.3 is 0 Å². The van der Waals surface area contributed by atoms with Crippen LogP contribution in [0.3, 0.4) is 0 Å². The Kier molecular flexibility index (Phi) is 7.34. The summed E-state index contributed by atoms with van der Waals surface area (Å²) in [5.41, 5.74) is 0.913. The van der Waals surface area contributed by atoms with Gasteiger partial charge in [0, 0.05) is 32.4 Å². The highest BCUT2D eigenvalue weighted by Gasteiger charge is 2.16. The molecule has 1 aromatic carbocycles. The van der Waals surface area contributed by atoms with Crippen molar-refractivity contribution in [2.24, 2.45) is 0 Å². The quantitative estimate of drug-likeness (QED) is 0.699. The lowest BCUT2D eigenvalue weighted by molar-refractivity contribution is 0.0944. The zero-order valence-corrected chi connectivity index (χ0v) is 14.1. The van der Waals surface area contributed by atoms with Crippen LogP contribution in [-0.2, 0) is 14.8 Å². The minimum Gasteiger partial charge on any atom is -0.382 e. The SMILES string of the molecule is CCOCCCNC(=O)c1cccc(N(C)S(=O)(=O)CC)c1. The van der Waals surface area contributed by atoms with E-state index in [-0.39, 0.29) is 11.7 Å². The first kappa shape index (κ1) is 18.4. The molecular weight excluding hydrogens is 304 g/mol. The van der Waals surface area contributed by atoms with Gasteiger partial charge in [-0.2, -0.15) is 0 Å². The molecule has 0 atom stereocenters. The molecule has 0 heterocycles. The molecule has 0 aliphatic carbocycles. The van der Waals surface area contributed by atoms with E-state index in [2.05, 4.69) is 5.32 Å². The fourth-order valence-corrected chi connectivity index (χ4v) is 2.64. The summed E-state index contributed by atoms with van der Waals surface area (Å²) in [7, 11) is -1.85. The van der Waals surface area contributed by atoms with E-state index in [1.54, 1.807) is 31.2 Å². The van der Waals surface area contributed by atoms with Gasteiger partial charge in [-0.05, 0) is 38.5 Å². The Morgan fingerprint density at radius 3 is 2.68 bits per heavy atom. The molecule has 0 spiro atoms. The number of nitrogens with one attached hydrogen (secondary N) is 1. The van der Waals surface area contributed by atoms with Crippen molar-refractivity contribution in [1.29, 1.82) is 0 Å². The van der Waals surface area contributed by atoms with Crippen LogP contribution in [0.1, 0.15) is 30.6 Å². The highest BCUT2D eigenvalue weighted by molar-refractivity contribution is 7.92. The lowest BCUT2D eigenvalue weighted by Crippen LogP contribution is -2.29. The molecule has 0 unspecified atom stereocenters. The predicted octanol–water partition coefficient (Wildman–Crippen LogP) is 1.63. The normalized spacial score (nSPS) is 11.2. The predicted molar refractivity (Wildman–Crippen MR) is 87.7 cm³/mol.